The number of likely N-dealkylation sites (tertiary alicyclic amines) is 1. The van der Waals surface area contributed by atoms with Crippen LogP contribution in [0.5, 0.6) is 17.2 Å². The van der Waals surface area contributed by atoms with E-state index in [1.165, 1.54) is 12.0 Å². The van der Waals surface area contributed by atoms with Crippen LogP contribution >= 0.6 is 11.6 Å². The molecule has 12 heteroatoms. The fourth-order valence-electron chi connectivity index (χ4n) is 5.90. The number of hydrogen-bond donors (Lipinski definition) is 1. The van der Waals surface area contributed by atoms with Gasteiger partial charge in [0.05, 0.1) is 48.7 Å². The number of aromatic nitrogens is 2. The highest BCUT2D eigenvalue weighted by molar-refractivity contribution is 6.33. The number of nitrogens with one attached hydrogen (secondary N) is 1. The molecule has 0 radical (unpaired) electrons. The van der Waals surface area contributed by atoms with E-state index in [1.54, 1.807) is 64.4 Å². The number of hydrogen-bond acceptors (Lipinski definition) is 7. The van der Waals surface area contributed by atoms with Gasteiger partial charge in [0.15, 0.2) is 11.5 Å². The van der Waals surface area contributed by atoms with Gasteiger partial charge in [-0.3, -0.25) is 14.4 Å². The third-order valence-electron chi connectivity index (χ3n) is 8.26. The van der Waals surface area contributed by atoms with Crippen LogP contribution in [-0.4, -0.2) is 82.7 Å². The number of benzene rings is 3. The first-order valence-electron chi connectivity index (χ1n) is 15.6. The van der Waals surface area contributed by atoms with E-state index in [0.29, 0.717) is 65.0 Å². The number of methoxy groups -OCH3 is 1. The van der Waals surface area contributed by atoms with Gasteiger partial charge in [-0.1, -0.05) is 30.7 Å². The summed E-state index contributed by atoms with van der Waals surface area (Å²) >= 11 is 6.52. The summed E-state index contributed by atoms with van der Waals surface area (Å²) in [5, 5.41) is 7.69. The van der Waals surface area contributed by atoms with Crippen LogP contribution in [-0.2, 0) is 16.1 Å². The van der Waals surface area contributed by atoms with Crippen molar-refractivity contribution in [3.8, 4) is 22.9 Å². The van der Waals surface area contributed by atoms with Gasteiger partial charge in [0.25, 0.3) is 11.8 Å². The number of ether oxygens (including phenoxy) is 3. The highest BCUT2D eigenvalue weighted by Crippen LogP contribution is 2.34. The number of halogens is 1. The lowest BCUT2D eigenvalue weighted by Gasteiger charge is -2.39. The monoisotopic (exact) mass is 657 g/mol. The van der Waals surface area contributed by atoms with Crippen LogP contribution in [0.15, 0.2) is 79.1 Å². The summed E-state index contributed by atoms with van der Waals surface area (Å²) in [6, 6.07) is 19.0. The van der Waals surface area contributed by atoms with Crippen LogP contribution in [0.4, 0.5) is 0 Å². The molecule has 0 spiro atoms. The van der Waals surface area contributed by atoms with Crippen molar-refractivity contribution in [1.82, 2.24) is 24.9 Å². The lowest BCUT2D eigenvalue weighted by atomic mass is 10.00. The standard InChI is InChI=1S/C35H36ClN5O6/c1-3-14-39-21-33(42)38-29-12-16-40(35(44)27-19-25(9-10-28(27)36)41-15-5-13-37-41)20-32(29)46-22-23-6-4-7-26(17-23)47-31-18-24(34(39)43)8-11-30(31)45-2/h4-11,13,15,17-19,29,32H,3,12,14,16,20-22H2,1-2H3,(H,38,42)/t29-,32-/m0/s1. The molecule has 3 amide bonds. The third-order valence-corrected chi connectivity index (χ3v) is 8.59. The van der Waals surface area contributed by atoms with E-state index in [9.17, 15) is 14.4 Å². The number of carbonyl (C=O) groups excluding carboxylic acids is 3. The van der Waals surface area contributed by atoms with E-state index >= 15 is 0 Å². The molecule has 0 aliphatic carbocycles. The largest absolute Gasteiger partial charge is 0.493 e. The van der Waals surface area contributed by atoms with E-state index in [2.05, 4.69) is 10.4 Å². The Morgan fingerprint density at radius 3 is 2.77 bits per heavy atom. The van der Waals surface area contributed by atoms with Crippen molar-refractivity contribution in [2.75, 3.05) is 33.3 Å². The molecule has 0 unspecified atom stereocenters. The number of piperidine rings is 1. The molecule has 3 heterocycles. The maximum absolute atomic E-state index is 13.8. The molecule has 1 saturated heterocycles. The molecule has 3 aromatic carbocycles. The van der Waals surface area contributed by atoms with Crippen LogP contribution in [0.3, 0.4) is 0 Å². The van der Waals surface area contributed by atoms with Gasteiger partial charge < -0.3 is 29.3 Å². The number of rotatable bonds is 5. The fourth-order valence-corrected chi connectivity index (χ4v) is 6.09. The zero-order valence-electron chi connectivity index (χ0n) is 26.2. The number of carbonyl (C=O) groups is 3. The molecule has 1 fully saturated rings. The lowest BCUT2D eigenvalue weighted by molar-refractivity contribution is -0.124. The van der Waals surface area contributed by atoms with Gasteiger partial charge in [-0.15, -0.1) is 0 Å². The molecule has 2 aliphatic rings. The smallest absolute Gasteiger partial charge is 0.255 e. The van der Waals surface area contributed by atoms with Crippen molar-refractivity contribution in [2.24, 2.45) is 0 Å². The van der Waals surface area contributed by atoms with Crippen LogP contribution < -0.4 is 14.8 Å². The molecule has 0 saturated carbocycles. The molecule has 244 valence electrons. The normalized spacial score (nSPS) is 18.6. The van der Waals surface area contributed by atoms with Crippen LogP contribution in [0.2, 0.25) is 5.02 Å². The topological polar surface area (TPSA) is 115 Å². The van der Waals surface area contributed by atoms with Crippen LogP contribution in [0.25, 0.3) is 5.69 Å². The van der Waals surface area contributed by atoms with Crippen molar-refractivity contribution >= 4 is 29.3 Å². The molecule has 4 bridgehead atoms. The van der Waals surface area contributed by atoms with Gasteiger partial charge >= 0.3 is 0 Å². The zero-order valence-corrected chi connectivity index (χ0v) is 27.0. The van der Waals surface area contributed by atoms with E-state index in [4.69, 9.17) is 25.8 Å². The minimum absolute atomic E-state index is 0.129. The molecule has 2 atom stereocenters. The van der Waals surface area contributed by atoms with Crippen LogP contribution in [0, 0.1) is 0 Å². The van der Waals surface area contributed by atoms with Gasteiger partial charge in [0.2, 0.25) is 5.91 Å². The SMILES string of the molecule is CCCN1CC(=O)N[C@H]2CCN(C(=O)c3cc(-n4cccn4)ccc3Cl)C[C@@H]2OCc2cccc(c2)Oc2cc(ccc2OC)C1=O. The predicted octanol–water partition coefficient (Wildman–Crippen LogP) is 5.11. The Balaban J connectivity index is 1.29. The van der Waals surface area contributed by atoms with Gasteiger partial charge in [0.1, 0.15) is 5.75 Å². The van der Waals surface area contributed by atoms with E-state index in [1.807, 2.05) is 31.2 Å². The average molecular weight is 658 g/mol. The predicted molar refractivity (Wildman–Crippen MR) is 175 cm³/mol. The lowest BCUT2D eigenvalue weighted by Crippen LogP contribution is -2.57. The second-order valence-corrected chi connectivity index (χ2v) is 11.9. The molecular formula is C35H36ClN5O6. The maximum Gasteiger partial charge on any atom is 0.255 e. The summed E-state index contributed by atoms with van der Waals surface area (Å²) in [7, 11) is 1.53. The third kappa shape index (κ3) is 7.26. The Kier molecular flexibility index (Phi) is 9.74. The van der Waals surface area contributed by atoms with Gasteiger partial charge in [-0.05, 0) is 73.0 Å². The van der Waals surface area contributed by atoms with E-state index < -0.39 is 12.1 Å². The minimum Gasteiger partial charge on any atom is -0.493 e. The van der Waals surface area contributed by atoms with Gasteiger partial charge in [-0.25, -0.2) is 4.68 Å². The maximum atomic E-state index is 13.8. The number of nitrogens with zero attached hydrogens (tertiary/aromatic N) is 4. The fraction of sp³-hybridized carbons (Fsp3) is 0.314. The molecule has 1 aromatic heterocycles. The summed E-state index contributed by atoms with van der Waals surface area (Å²) in [5.41, 5.74) is 2.28. The first kappa shape index (κ1) is 32.1. The van der Waals surface area contributed by atoms with Crippen molar-refractivity contribution in [1.29, 1.82) is 0 Å². The quantitative estimate of drug-likeness (QED) is 0.317. The Morgan fingerprint density at radius 2 is 1.98 bits per heavy atom. The Hall–Kier alpha value is -4.87. The van der Waals surface area contributed by atoms with E-state index in [-0.39, 0.29) is 37.4 Å². The zero-order chi connectivity index (χ0) is 32.9. The molecule has 11 nitrogen and oxygen atoms in total. The van der Waals surface area contributed by atoms with Crippen molar-refractivity contribution in [3.05, 3.63) is 101 Å². The second kappa shape index (κ2) is 14.3. The second-order valence-electron chi connectivity index (χ2n) is 11.5. The Morgan fingerprint density at radius 1 is 1.11 bits per heavy atom. The number of amides is 3. The van der Waals surface area contributed by atoms with Gasteiger partial charge in [-0.2, -0.15) is 5.10 Å². The molecular weight excluding hydrogens is 622 g/mol. The van der Waals surface area contributed by atoms with Crippen molar-refractivity contribution in [2.45, 2.75) is 38.5 Å². The number of fused-ring (bicyclic) bond motifs is 5. The Bertz CT molecular complexity index is 1760. The molecule has 2 aliphatic heterocycles. The average Bonchev–Trinajstić information content (AvgIpc) is 3.62. The highest BCUT2D eigenvalue weighted by Gasteiger charge is 2.35. The Labute approximate surface area is 278 Å². The highest BCUT2D eigenvalue weighted by atomic mass is 35.5. The first-order valence-corrected chi connectivity index (χ1v) is 15.9. The summed E-state index contributed by atoms with van der Waals surface area (Å²) in [4.78, 5) is 44.1. The van der Waals surface area contributed by atoms with Crippen molar-refractivity contribution < 1.29 is 28.6 Å². The molecule has 1 N–H and O–H groups in total. The molecule has 47 heavy (non-hydrogen) atoms. The molecule has 6 rings (SSSR count). The van der Waals surface area contributed by atoms with Crippen molar-refractivity contribution in [3.63, 3.8) is 0 Å². The van der Waals surface area contributed by atoms with E-state index in [0.717, 1.165) is 5.56 Å². The molecule has 4 aromatic rings. The van der Waals surface area contributed by atoms with Gasteiger partial charge in [0, 0.05) is 37.6 Å². The summed E-state index contributed by atoms with van der Waals surface area (Å²) < 4.78 is 19.8. The summed E-state index contributed by atoms with van der Waals surface area (Å²) in [6.07, 6.45) is 4.04. The summed E-state index contributed by atoms with van der Waals surface area (Å²) in [5.74, 6) is 0.547. The summed E-state index contributed by atoms with van der Waals surface area (Å²) in [6.45, 7) is 3.03. The minimum atomic E-state index is -0.537. The first-order chi connectivity index (χ1) is 22.8. The van der Waals surface area contributed by atoms with Crippen LogP contribution in [0.1, 0.15) is 46.0 Å².